The summed E-state index contributed by atoms with van der Waals surface area (Å²) in [6, 6.07) is 0. The fourth-order valence-corrected chi connectivity index (χ4v) is 0.773. The molecule has 0 rings (SSSR count). The van der Waals surface area contributed by atoms with Gasteiger partial charge in [0.25, 0.3) is 0 Å². The Morgan fingerprint density at radius 2 is 2.15 bits per heavy atom. The Hall–Kier alpha value is -1.00. The minimum atomic E-state index is -4.56. The highest BCUT2D eigenvalue weighted by atomic mass is 19.4. The SMILES string of the molecule is C=CC[C@H](C(=O)OCC)C(F)(F)F. The van der Waals surface area contributed by atoms with E-state index in [0.717, 1.165) is 6.08 Å². The maximum absolute atomic E-state index is 12.1. The predicted molar refractivity (Wildman–Crippen MR) is 41.0 cm³/mol. The van der Waals surface area contributed by atoms with Crippen molar-refractivity contribution in [3.8, 4) is 0 Å². The van der Waals surface area contributed by atoms with Gasteiger partial charge >= 0.3 is 12.1 Å². The van der Waals surface area contributed by atoms with Crippen LogP contribution >= 0.6 is 0 Å². The third-order valence-corrected chi connectivity index (χ3v) is 1.37. The highest BCUT2D eigenvalue weighted by Crippen LogP contribution is 2.30. The van der Waals surface area contributed by atoms with E-state index in [1.54, 1.807) is 0 Å². The van der Waals surface area contributed by atoms with E-state index in [0.29, 0.717) is 0 Å². The smallest absolute Gasteiger partial charge is 0.402 e. The van der Waals surface area contributed by atoms with Gasteiger partial charge in [0.15, 0.2) is 5.92 Å². The molecule has 0 saturated carbocycles. The van der Waals surface area contributed by atoms with Crippen molar-refractivity contribution in [1.29, 1.82) is 0 Å². The van der Waals surface area contributed by atoms with Crippen LogP contribution in [0, 0.1) is 5.92 Å². The van der Waals surface area contributed by atoms with Gasteiger partial charge in [0, 0.05) is 0 Å². The van der Waals surface area contributed by atoms with Crippen LogP contribution in [0.15, 0.2) is 12.7 Å². The molecule has 0 saturated heterocycles. The molecule has 0 bridgehead atoms. The van der Waals surface area contributed by atoms with Crippen LogP contribution in [0.3, 0.4) is 0 Å². The molecule has 0 heterocycles. The number of hydrogen-bond donors (Lipinski definition) is 0. The topological polar surface area (TPSA) is 26.3 Å². The lowest BCUT2D eigenvalue weighted by Gasteiger charge is -2.16. The minimum Gasteiger partial charge on any atom is -0.466 e. The van der Waals surface area contributed by atoms with E-state index < -0.39 is 24.5 Å². The second-order valence-corrected chi connectivity index (χ2v) is 2.37. The van der Waals surface area contributed by atoms with Crippen molar-refractivity contribution >= 4 is 5.97 Å². The first-order chi connectivity index (χ1) is 5.93. The fourth-order valence-electron chi connectivity index (χ4n) is 0.773. The Morgan fingerprint density at radius 3 is 2.46 bits per heavy atom. The lowest BCUT2D eigenvalue weighted by molar-refractivity contribution is -0.196. The second-order valence-electron chi connectivity index (χ2n) is 2.37. The van der Waals surface area contributed by atoms with Crippen LogP contribution in [-0.4, -0.2) is 18.8 Å². The molecule has 1 atom stereocenters. The summed E-state index contributed by atoms with van der Waals surface area (Å²) in [6.07, 6.45) is -3.95. The van der Waals surface area contributed by atoms with Crippen molar-refractivity contribution in [3.63, 3.8) is 0 Å². The van der Waals surface area contributed by atoms with Crippen LogP contribution in [-0.2, 0) is 9.53 Å². The van der Waals surface area contributed by atoms with Gasteiger partial charge in [-0.3, -0.25) is 4.79 Å². The molecular weight excluding hydrogens is 185 g/mol. The normalized spacial score (nSPS) is 13.5. The molecule has 5 heteroatoms. The molecule has 0 aliphatic heterocycles. The quantitative estimate of drug-likeness (QED) is 0.509. The monoisotopic (exact) mass is 196 g/mol. The summed E-state index contributed by atoms with van der Waals surface area (Å²) in [5.41, 5.74) is 0. The lowest BCUT2D eigenvalue weighted by atomic mass is 10.1. The van der Waals surface area contributed by atoms with Crippen LogP contribution in [0.5, 0.6) is 0 Å². The summed E-state index contributed by atoms with van der Waals surface area (Å²) in [7, 11) is 0. The Morgan fingerprint density at radius 1 is 1.62 bits per heavy atom. The van der Waals surface area contributed by atoms with Crippen molar-refractivity contribution in [2.75, 3.05) is 6.61 Å². The fraction of sp³-hybridized carbons (Fsp3) is 0.625. The first-order valence-corrected chi connectivity index (χ1v) is 3.77. The summed E-state index contributed by atoms with van der Waals surface area (Å²) in [5.74, 6) is -3.32. The molecule has 76 valence electrons. The molecule has 0 amide bonds. The van der Waals surface area contributed by atoms with Gasteiger partial charge in [0.2, 0.25) is 0 Å². The Labute approximate surface area is 74.4 Å². The number of carbonyl (C=O) groups is 1. The van der Waals surface area contributed by atoms with Crippen molar-refractivity contribution in [2.45, 2.75) is 19.5 Å². The number of rotatable bonds is 4. The summed E-state index contributed by atoms with van der Waals surface area (Å²) in [5, 5.41) is 0. The molecule has 0 aromatic rings. The number of hydrogen-bond acceptors (Lipinski definition) is 2. The van der Waals surface area contributed by atoms with Gasteiger partial charge in [-0.1, -0.05) is 6.08 Å². The zero-order valence-corrected chi connectivity index (χ0v) is 7.23. The molecule has 0 aromatic carbocycles. The number of esters is 1. The molecule has 0 aliphatic rings. The first kappa shape index (κ1) is 12.0. The van der Waals surface area contributed by atoms with Crippen molar-refractivity contribution in [1.82, 2.24) is 0 Å². The lowest BCUT2D eigenvalue weighted by Crippen LogP contribution is -2.31. The number of ether oxygens (including phenoxy) is 1. The van der Waals surface area contributed by atoms with Crippen molar-refractivity contribution in [2.24, 2.45) is 5.92 Å². The number of alkyl halides is 3. The van der Waals surface area contributed by atoms with E-state index in [1.807, 2.05) is 0 Å². The molecule has 0 aromatic heterocycles. The highest BCUT2D eigenvalue weighted by Gasteiger charge is 2.44. The molecule has 0 unspecified atom stereocenters. The average molecular weight is 196 g/mol. The third-order valence-electron chi connectivity index (χ3n) is 1.37. The van der Waals surface area contributed by atoms with Crippen LogP contribution < -0.4 is 0 Å². The van der Waals surface area contributed by atoms with E-state index in [-0.39, 0.29) is 6.61 Å². The summed E-state index contributed by atoms with van der Waals surface area (Å²) in [6.45, 7) is 4.55. The number of carbonyl (C=O) groups excluding carboxylic acids is 1. The van der Waals surface area contributed by atoms with E-state index in [9.17, 15) is 18.0 Å². The van der Waals surface area contributed by atoms with Gasteiger partial charge in [-0.2, -0.15) is 13.2 Å². The van der Waals surface area contributed by atoms with Crippen LogP contribution in [0.1, 0.15) is 13.3 Å². The molecule has 0 N–H and O–H groups in total. The average Bonchev–Trinajstić information content (AvgIpc) is 1.98. The van der Waals surface area contributed by atoms with Gasteiger partial charge < -0.3 is 4.74 Å². The summed E-state index contributed by atoms with van der Waals surface area (Å²) in [4.78, 5) is 10.8. The predicted octanol–water partition coefficient (Wildman–Crippen LogP) is 2.30. The second kappa shape index (κ2) is 4.89. The van der Waals surface area contributed by atoms with Crippen molar-refractivity contribution in [3.05, 3.63) is 12.7 Å². The van der Waals surface area contributed by atoms with Gasteiger partial charge in [-0.15, -0.1) is 6.58 Å². The summed E-state index contributed by atoms with van der Waals surface area (Å²) < 4.78 is 40.7. The molecule has 2 nitrogen and oxygen atoms in total. The summed E-state index contributed by atoms with van der Waals surface area (Å²) >= 11 is 0. The van der Waals surface area contributed by atoms with E-state index >= 15 is 0 Å². The van der Waals surface area contributed by atoms with Crippen LogP contribution in [0.4, 0.5) is 13.2 Å². The van der Waals surface area contributed by atoms with E-state index in [1.165, 1.54) is 6.92 Å². The van der Waals surface area contributed by atoms with Gasteiger partial charge in [-0.05, 0) is 13.3 Å². The Balaban J connectivity index is 4.41. The van der Waals surface area contributed by atoms with Crippen LogP contribution in [0.2, 0.25) is 0 Å². The number of allylic oxidation sites excluding steroid dienone is 1. The molecule has 0 spiro atoms. The van der Waals surface area contributed by atoms with Gasteiger partial charge in [0.1, 0.15) is 0 Å². The maximum atomic E-state index is 12.1. The maximum Gasteiger partial charge on any atom is 0.402 e. The molecule has 0 aliphatic carbocycles. The van der Waals surface area contributed by atoms with E-state index in [4.69, 9.17) is 0 Å². The minimum absolute atomic E-state index is 0.0530. The van der Waals surface area contributed by atoms with Gasteiger partial charge in [-0.25, -0.2) is 0 Å². The van der Waals surface area contributed by atoms with E-state index in [2.05, 4.69) is 11.3 Å². The van der Waals surface area contributed by atoms with Gasteiger partial charge in [0.05, 0.1) is 6.61 Å². The molecule has 0 radical (unpaired) electrons. The zero-order valence-electron chi connectivity index (χ0n) is 7.23. The molecular formula is C8H11F3O2. The highest BCUT2D eigenvalue weighted by molar-refractivity contribution is 5.73. The molecule has 0 fully saturated rings. The van der Waals surface area contributed by atoms with Crippen molar-refractivity contribution < 1.29 is 22.7 Å². The first-order valence-electron chi connectivity index (χ1n) is 3.77. The zero-order chi connectivity index (χ0) is 10.5. The third kappa shape index (κ3) is 3.96. The van der Waals surface area contributed by atoms with Crippen LogP contribution in [0.25, 0.3) is 0 Å². The Bertz CT molecular complexity index is 186. The standard InChI is InChI=1S/C8H11F3O2/c1-3-5-6(8(9,10)11)7(12)13-4-2/h3,6H,1,4-5H2,2H3/t6-/m1/s1. The number of halogens is 3. The molecule has 13 heavy (non-hydrogen) atoms. The Kier molecular flexibility index (Phi) is 4.51. The largest absolute Gasteiger partial charge is 0.466 e.